The van der Waals surface area contributed by atoms with E-state index < -0.39 is 47.5 Å². The standard InChI is InChI=1S/C35H48N4O10/c1-34(2,3)48-32(43)37-30-38(31(42)36-24-14-18-27(46-8)19-15-24)21-25(39(30)33(44)49-35(4,5)6)20-28(10-9-11-29(40)41)47-22-23-12-16-26(45-7)17-13-23/h12-19,25,28H,9-11,20-22H2,1-8H3,(H,36,42)(H,40,41)/b37-30+/t25-,28-/m1/s1. The molecule has 3 rings (SSSR count). The number of carboxylic acid groups (broad SMARTS) is 1. The number of ether oxygens (including phenoxy) is 5. The summed E-state index contributed by atoms with van der Waals surface area (Å²) in [7, 11) is 3.10. The Kier molecular flexibility index (Phi) is 13.4. The van der Waals surface area contributed by atoms with E-state index in [1.807, 2.05) is 12.1 Å². The maximum atomic E-state index is 13.8. The van der Waals surface area contributed by atoms with Gasteiger partial charge in [0.1, 0.15) is 22.7 Å². The molecule has 0 unspecified atom stereocenters. The Labute approximate surface area is 287 Å². The third kappa shape index (κ3) is 12.6. The van der Waals surface area contributed by atoms with Crippen molar-refractivity contribution in [2.24, 2.45) is 4.99 Å². The molecule has 2 atom stereocenters. The second kappa shape index (κ2) is 17.0. The molecule has 0 aliphatic carbocycles. The van der Waals surface area contributed by atoms with Gasteiger partial charge in [-0.1, -0.05) is 12.1 Å². The monoisotopic (exact) mass is 684 g/mol. The van der Waals surface area contributed by atoms with E-state index in [1.54, 1.807) is 85.1 Å². The van der Waals surface area contributed by atoms with E-state index in [2.05, 4.69) is 10.3 Å². The van der Waals surface area contributed by atoms with Gasteiger partial charge in [-0.3, -0.25) is 9.69 Å². The van der Waals surface area contributed by atoms with Crippen LogP contribution in [0, 0.1) is 0 Å². The number of amides is 4. The molecule has 1 aliphatic rings. The van der Waals surface area contributed by atoms with Gasteiger partial charge in [-0.25, -0.2) is 19.3 Å². The number of aliphatic carboxylic acids is 1. The first-order valence-corrected chi connectivity index (χ1v) is 16.0. The molecule has 49 heavy (non-hydrogen) atoms. The smallest absolute Gasteiger partial charge is 0.437 e. The Morgan fingerprint density at radius 3 is 2.00 bits per heavy atom. The summed E-state index contributed by atoms with van der Waals surface area (Å²) in [5.41, 5.74) is -0.545. The minimum absolute atomic E-state index is 0.0788. The number of anilines is 1. The summed E-state index contributed by atoms with van der Waals surface area (Å²) in [6.07, 6.45) is -1.66. The van der Waals surface area contributed by atoms with Gasteiger partial charge >= 0.3 is 24.2 Å². The van der Waals surface area contributed by atoms with Gasteiger partial charge in [0.2, 0.25) is 5.96 Å². The van der Waals surface area contributed by atoms with Gasteiger partial charge < -0.3 is 34.1 Å². The predicted octanol–water partition coefficient (Wildman–Crippen LogP) is 6.68. The molecule has 1 aliphatic heterocycles. The van der Waals surface area contributed by atoms with Crippen molar-refractivity contribution < 1.29 is 48.0 Å². The minimum Gasteiger partial charge on any atom is -0.497 e. The third-order valence-corrected chi connectivity index (χ3v) is 7.07. The summed E-state index contributed by atoms with van der Waals surface area (Å²) in [4.78, 5) is 58.5. The largest absolute Gasteiger partial charge is 0.497 e. The molecule has 4 amide bonds. The molecule has 2 aromatic carbocycles. The van der Waals surface area contributed by atoms with Crippen molar-refractivity contribution in [2.75, 3.05) is 26.1 Å². The van der Waals surface area contributed by atoms with Crippen molar-refractivity contribution in [1.29, 1.82) is 0 Å². The van der Waals surface area contributed by atoms with Crippen molar-refractivity contribution >= 4 is 35.8 Å². The number of hydrogen-bond donors (Lipinski definition) is 2. The van der Waals surface area contributed by atoms with Crippen LogP contribution in [0.2, 0.25) is 0 Å². The fourth-order valence-electron chi connectivity index (χ4n) is 4.90. The van der Waals surface area contributed by atoms with Crippen LogP contribution < -0.4 is 14.8 Å². The average molecular weight is 685 g/mol. The molecule has 1 heterocycles. The molecule has 14 heteroatoms. The van der Waals surface area contributed by atoms with E-state index in [4.69, 9.17) is 23.7 Å². The van der Waals surface area contributed by atoms with Crippen LogP contribution in [0.3, 0.4) is 0 Å². The number of benzene rings is 2. The highest BCUT2D eigenvalue weighted by Crippen LogP contribution is 2.28. The number of carbonyl (C=O) groups is 4. The lowest BCUT2D eigenvalue weighted by molar-refractivity contribution is -0.137. The van der Waals surface area contributed by atoms with Gasteiger partial charge in [-0.15, -0.1) is 4.99 Å². The lowest BCUT2D eigenvalue weighted by Crippen LogP contribution is -2.46. The zero-order valence-electron chi connectivity index (χ0n) is 29.5. The summed E-state index contributed by atoms with van der Waals surface area (Å²) in [5.74, 6) is 0.0499. The highest BCUT2D eigenvalue weighted by molar-refractivity contribution is 6.10. The maximum Gasteiger partial charge on any atom is 0.437 e. The highest BCUT2D eigenvalue weighted by Gasteiger charge is 2.46. The topological polar surface area (TPSA) is 166 Å². The summed E-state index contributed by atoms with van der Waals surface area (Å²) in [6.45, 7) is 10.2. The molecule has 268 valence electrons. The van der Waals surface area contributed by atoms with Crippen molar-refractivity contribution in [1.82, 2.24) is 9.80 Å². The first kappa shape index (κ1) is 38.6. The van der Waals surface area contributed by atoms with E-state index in [0.29, 0.717) is 30.0 Å². The van der Waals surface area contributed by atoms with Crippen LogP contribution >= 0.6 is 0 Å². The molecule has 2 N–H and O–H groups in total. The Morgan fingerprint density at radius 1 is 0.898 bits per heavy atom. The Morgan fingerprint density at radius 2 is 1.47 bits per heavy atom. The minimum atomic E-state index is -1.01. The van der Waals surface area contributed by atoms with E-state index in [-0.39, 0.29) is 32.0 Å². The van der Waals surface area contributed by atoms with Crippen molar-refractivity contribution in [2.45, 2.75) is 97.2 Å². The van der Waals surface area contributed by atoms with E-state index >= 15 is 0 Å². The van der Waals surface area contributed by atoms with Crippen molar-refractivity contribution in [3.63, 3.8) is 0 Å². The molecule has 2 aromatic rings. The lowest BCUT2D eigenvalue weighted by Gasteiger charge is -2.29. The lowest BCUT2D eigenvalue weighted by atomic mass is 10.0. The molecule has 14 nitrogen and oxygen atoms in total. The zero-order valence-corrected chi connectivity index (χ0v) is 29.5. The third-order valence-electron chi connectivity index (χ3n) is 7.07. The average Bonchev–Trinajstić information content (AvgIpc) is 3.35. The molecule has 0 radical (unpaired) electrons. The zero-order chi connectivity index (χ0) is 36.4. The van der Waals surface area contributed by atoms with Gasteiger partial charge in [-0.2, -0.15) is 0 Å². The Hall–Kier alpha value is -4.85. The normalized spacial score (nSPS) is 16.2. The second-order valence-electron chi connectivity index (χ2n) is 13.5. The molecular formula is C35H48N4O10. The highest BCUT2D eigenvalue weighted by atomic mass is 16.6. The van der Waals surface area contributed by atoms with Gasteiger partial charge in [0, 0.05) is 12.1 Å². The van der Waals surface area contributed by atoms with Crippen LogP contribution in [-0.4, -0.2) is 89.2 Å². The molecule has 0 aromatic heterocycles. The number of nitrogens with one attached hydrogen (secondary N) is 1. The molecule has 0 bridgehead atoms. The first-order valence-electron chi connectivity index (χ1n) is 16.0. The number of hydrogen-bond acceptors (Lipinski definition) is 9. The number of carboxylic acids is 1. The summed E-state index contributed by atoms with van der Waals surface area (Å²) < 4.78 is 27.9. The van der Waals surface area contributed by atoms with Crippen molar-refractivity contribution in [3.8, 4) is 11.5 Å². The number of nitrogens with zero attached hydrogens (tertiary/aromatic N) is 3. The molecule has 1 fully saturated rings. The van der Waals surface area contributed by atoms with Crippen LogP contribution in [0.4, 0.5) is 20.1 Å². The predicted molar refractivity (Wildman–Crippen MR) is 182 cm³/mol. The SMILES string of the molecule is COc1ccc(CO[C@H](CCCC(=O)O)C[C@@H]2CN(C(=O)Nc3ccc(OC)cc3)/C(=N\C(=O)OC(C)(C)C)N2C(=O)OC(C)(C)C)cc1. The fraction of sp³-hybridized carbons (Fsp3) is 0.514. The quantitative estimate of drug-likeness (QED) is 0.246. The van der Waals surface area contributed by atoms with E-state index in [1.165, 1.54) is 16.9 Å². The molecule has 1 saturated heterocycles. The summed E-state index contributed by atoms with van der Waals surface area (Å²) >= 11 is 0. The van der Waals surface area contributed by atoms with Crippen LogP contribution in [0.15, 0.2) is 53.5 Å². The first-order chi connectivity index (χ1) is 23.0. The molecular weight excluding hydrogens is 636 g/mol. The Bertz CT molecular complexity index is 1460. The fourth-order valence-corrected chi connectivity index (χ4v) is 4.90. The number of methoxy groups -OCH3 is 2. The maximum absolute atomic E-state index is 13.8. The van der Waals surface area contributed by atoms with Gasteiger partial charge in [0.25, 0.3) is 0 Å². The van der Waals surface area contributed by atoms with Gasteiger partial charge in [-0.05, 0) is 103 Å². The van der Waals surface area contributed by atoms with Crippen LogP contribution in [0.1, 0.15) is 72.8 Å². The van der Waals surface area contributed by atoms with E-state index in [9.17, 15) is 24.3 Å². The number of urea groups is 1. The van der Waals surface area contributed by atoms with Crippen LogP contribution in [0.5, 0.6) is 11.5 Å². The summed E-state index contributed by atoms with van der Waals surface area (Å²) in [6, 6.07) is 12.5. The number of rotatable bonds is 12. The second-order valence-corrected chi connectivity index (χ2v) is 13.5. The number of aliphatic imine (C=N–C) groups is 1. The molecule has 0 spiro atoms. The Balaban J connectivity index is 2.01. The van der Waals surface area contributed by atoms with Gasteiger partial charge in [0.05, 0.1) is 39.5 Å². The van der Waals surface area contributed by atoms with Crippen LogP contribution in [0.25, 0.3) is 0 Å². The van der Waals surface area contributed by atoms with Gasteiger partial charge in [0.15, 0.2) is 0 Å². The number of carbonyl (C=O) groups excluding carboxylic acids is 3. The number of guanidine groups is 1. The van der Waals surface area contributed by atoms with E-state index in [0.717, 1.165) is 5.56 Å². The van der Waals surface area contributed by atoms with Crippen LogP contribution in [-0.2, 0) is 25.6 Å². The summed E-state index contributed by atoms with van der Waals surface area (Å²) in [5, 5.41) is 12.1. The van der Waals surface area contributed by atoms with Crippen molar-refractivity contribution in [3.05, 3.63) is 54.1 Å². The molecule has 0 saturated carbocycles.